The van der Waals surface area contributed by atoms with Crippen LogP contribution in [-0.2, 0) is 9.59 Å². The molecule has 0 saturated heterocycles. The Morgan fingerprint density at radius 3 is 1.92 bits per heavy atom. The summed E-state index contributed by atoms with van der Waals surface area (Å²) < 4.78 is 0. The second-order valence-electron chi connectivity index (χ2n) is 6.79. The number of carboxylic acid groups (broad SMARTS) is 2. The molecular weight excluding hydrogens is 322 g/mol. The first-order valence-electron chi connectivity index (χ1n) is 9.79. The maximum Gasteiger partial charge on any atom is 0.317 e. The fourth-order valence-corrected chi connectivity index (χ4v) is 3.14. The van der Waals surface area contributed by atoms with Gasteiger partial charge in [0.2, 0.25) is 0 Å². The first-order chi connectivity index (χ1) is 12.0. The molecule has 0 spiro atoms. The predicted octanol–water partition coefficient (Wildman–Crippen LogP) is 3.52. The molecule has 1 unspecified atom stereocenters. The molecule has 148 valence electrons. The van der Waals surface area contributed by atoms with Crippen molar-refractivity contribution in [3.05, 3.63) is 0 Å². The second kappa shape index (κ2) is 16.3. The molecule has 0 bridgehead atoms. The second-order valence-corrected chi connectivity index (χ2v) is 6.79. The molecule has 0 radical (unpaired) electrons. The standard InChI is InChI=1S/C19H37NO5/c1-2-3-4-8-11-17(12-9-6-5-7-10-15-21)20(16-19(24)25)14-13-18(22)23/h17,21H,2-16H2,1H3,(H,22,23)(H,24,25). The number of aliphatic hydroxyl groups excluding tert-OH is 1. The third-order valence-electron chi connectivity index (χ3n) is 4.55. The zero-order valence-electron chi connectivity index (χ0n) is 15.8. The van der Waals surface area contributed by atoms with Crippen molar-refractivity contribution in [1.29, 1.82) is 0 Å². The Hall–Kier alpha value is -1.14. The summed E-state index contributed by atoms with van der Waals surface area (Å²) in [5, 5.41) is 26.9. The molecule has 1 atom stereocenters. The van der Waals surface area contributed by atoms with E-state index in [0.29, 0.717) is 6.54 Å². The van der Waals surface area contributed by atoms with Crippen molar-refractivity contribution in [3.63, 3.8) is 0 Å². The number of carbonyl (C=O) groups is 2. The van der Waals surface area contributed by atoms with E-state index in [1.54, 1.807) is 0 Å². The monoisotopic (exact) mass is 359 g/mol. The van der Waals surface area contributed by atoms with Gasteiger partial charge in [0, 0.05) is 19.2 Å². The molecule has 0 fully saturated rings. The Balaban J connectivity index is 4.53. The van der Waals surface area contributed by atoms with Gasteiger partial charge in [-0.2, -0.15) is 0 Å². The molecule has 0 aliphatic carbocycles. The van der Waals surface area contributed by atoms with Gasteiger partial charge in [-0.25, -0.2) is 0 Å². The van der Waals surface area contributed by atoms with Gasteiger partial charge in [-0.3, -0.25) is 14.5 Å². The summed E-state index contributed by atoms with van der Waals surface area (Å²) in [5.74, 6) is -1.78. The SMILES string of the molecule is CCCCCCC(CCCCCCCO)N(CCC(=O)O)CC(=O)O. The van der Waals surface area contributed by atoms with E-state index in [9.17, 15) is 9.59 Å². The van der Waals surface area contributed by atoms with Crippen molar-refractivity contribution in [2.24, 2.45) is 0 Å². The lowest BCUT2D eigenvalue weighted by Crippen LogP contribution is -2.40. The van der Waals surface area contributed by atoms with E-state index in [4.69, 9.17) is 15.3 Å². The van der Waals surface area contributed by atoms with Crippen molar-refractivity contribution in [2.75, 3.05) is 19.7 Å². The van der Waals surface area contributed by atoms with Crippen molar-refractivity contribution >= 4 is 11.9 Å². The van der Waals surface area contributed by atoms with Crippen LogP contribution in [0.5, 0.6) is 0 Å². The van der Waals surface area contributed by atoms with Gasteiger partial charge in [-0.1, -0.05) is 58.3 Å². The smallest absolute Gasteiger partial charge is 0.317 e. The number of hydrogen-bond acceptors (Lipinski definition) is 4. The van der Waals surface area contributed by atoms with Gasteiger partial charge in [0.1, 0.15) is 0 Å². The number of aliphatic carboxylic acids is 2. The highest BCUT2D eigenvalue weighted by molar-refractivity contribution is 5.69. The molecule has 3 N–H and O–H groups in total. The lowest BCUT2D eigenvalue weighted by Gasteiger charge is -2.30. The fourth-order valence-electron chi connectivity index (χ4n) is 3.14. The molecule has 6 nitrogen and oxygen atoms in total. The van der Waals surface area contributed by atoms with E-state index in [1.807, 2.05) is 4.90 Å². The van der Waals surface area contributed by atoms with Gasteiger partial charge in [-0.15, -0.1) is 0 Å². The van der Waals surface area contributed by atoms with Crippen LogP contribution < -0.4 is 0 Å². The van der Waals surface area contributed by atoms with Crippen LogP contribution in [0, 0.1) is 0 Å². The van der Waals surface area contributed by atoms with Crippen LogP contribution in [0.1, 0.15) is 84.0 Å². The highest BCUT2D eigenvalue weighted by Gasteiger charge is 2.21. The summed E-state index contributed by atoms with van der Waals surface area (Å²) in [6, 6.07) is 0.144. The summed E-state index contributed by atoms with van der Waals surface area (Å²) in [6.07, 6.45) is 11.4. The number of rotatable bonds is 18. The minimum Gasteiger partial charge on any atom is -0.481 e. The van der Waals surface area contributed by atoms with E-state index < -0.39 is 11.9 Å². The molecule has 0 aromatic rings. The van der Waals surface area contributed by atoms with Crippen LogP contribution in [0.4, 0.5) is 0 Å². The van der Waals surface area contributed by atoms with Gasteiger partial charge in [0.15, 0.2) is 0 Å². The average Bonchev–Trinajstić information content (AvgIpc) is 2.56. The molecule has 0 aliphatic heterocycles. The van der Waals surface area contributed by atoms with Crippen LogP contribution in [0.3, 0.4) is 0 Å². The predicted molar refractivity (Wildman–Crippen MR) is 98.8 cm³/mol. The number of aliphatic hydroxyl groups is 1. The number of carboxylic acids is 2. The highest BCUT2D eigenvalue weighted by atomic mass is 16.4. The molecule has 0 saturated carbocycles. The van der Waals surface area contributed by atoms with Gasteiger partial charge in [-0.05, 0) is 19.3 Å². The Morgan fingerprint density at radius 1 is 0.840 bits per heavy atom. The molecule has 0 rings (SSSR count). The first kappa shape index (κ1) is 23.9. The van der Waals surface area contributed by atoms with Crippen LogP contribution in [0.25, 0.3) is 0 Å². The fraction of sp³-hybridized carbons (Fsp3) is 0.895. The van der Waals surface area contributed by atoms with Crippen molar-refractivity contribution in [3.8, 4) is 0 Å². The van der Waals surface area contributed by atoms with E-state index in [1.165, 1.54) is 6.42 Å². The third-order valence-corrected chi connectivity index (χ3v) is 4.55. The average molecular weight is 360 g/mol. The van der Waals surface area contributed by atoms with Gasteiger partial charge >= 0.3 is 11.9 Å². The molecule has 0 aliphatic rings. The van der Waals surface area contributed by atoms with E-state index in [0.717, 1.165) is 64.2 Å². The van der Waals surface area contributed by atoms with Crippen LogP contribution >= 0.6 is 0 Å². The molecule has 0 heterocycles. The molecule has 25 heavy (non-hydrogen) atoms. The molecule has 0 amide bonds. The topological polar surface area (TPSA) is 98.1 Å². The molecular formula is C19H37NO5. The van der Waals surface area contributed by atoms with Gasteiger partial charge in [0.25, 0.3) is 0 Å². The quantitative estimate of drug-likeness (QED) is 0.324. The van der Waals surface area contributed by atoms with Crippen molar-refractivity contribution < 1.29 is 24.9 Å². The van der Waals surface area contributed by atoms with Gasteiger partial charge in [0.05, 0.1) is 13.0 Å². The molecule has 6 heteroatoms. The van der Waals surface area contributed by atoms with E-state index >= 15 is 0 Å². The lowest BCUT2D eigenvalue weighted by atomic mass is 9.99. The number of hydrogen-bond donors (Lipinski definition) is 3. The van der Waals surface area contributed by atoms with Crippen LogP contribution in [0.2, 0.25) is 0 Å². The Labute approximate surface area is 152 Å². The lowest BCUT2D eigenvalue weighted by molar-refractivity contribution is -0.141. The normalized spacial score (nSPS) is 12.4. The maximum absolute atomic E-state index is 11.2. The van der Waals surface area contributed by atoms with E-state index in [-0.39, 0.29) is 25.6 Å². The van der Waals surface area contributed by atoms with Gasteiger partial charge < -0.3 is 15.3 Å². The highest BCUT2D eigenvalue weighted by Crippen LogP contribution is 2.18. The molecule has 0 aromatic carbocycles. The maximum atomic E-state index is 11.2. The number of nitrogens with zero attached hydrogens (tertiary/aromatic N) is 1. The first-order valence-corrected chi connectivity index (χ1v) is 9.79. The number of unbranched alkanes of at least 4 members (excludes halogenated alkanes) is 7. The third kappa shape index (κ3) is 14.9. The van der Waals surface area contributed by atoms with Crippen LogP contribution in [0.15, 0.2) is 0 Å². The Kier molecular flexibility index (Phi) is 15.6. The summed E-state index contributed by atoms with van der Waals surface area (Å²) in [6.45, 7) is 2.61. The minimum absolute atomic E-state index is 0.0186. The largest absolute Gasteiger partial charge is 0.481 e. The van der Waals surface area contributed by atoms with Crippen molar-refractivity contribution in [1.82, 2.24) is 4.90 Å². The Bertz CT molecular complexity index is 349. The van der Waals surface area contributed by atoms with E-state index in [2.05, 4.69) is 6.92 Å². The Morgan fingerprint density at radius 2 is 1.40 bits per heavy atom. The zero-order chi connectivity index (χ0) is 18.9. The zero-order valence-corrected chi connectivity index (χ0v) is 15.8. The summed E-state index contributed by atoms with van der Waals surface area (Å²) in [7, 11) is 0. The molecule has 0 aromatic heterocycles. The minimum atomic E-state index is -0.896. The summed E-state index contributed by atoms with van der Waals surface area (Å²) >= 11 is 0. The summed E-state index contributed by atoms with van der Waals surface area (Å²) in [5.41, 5.74) is 0. The van der Waals surface area contributed by atoms with Crippen molar-refractivity contribution in [2.45, 2.75) is 90.0 Å². The van der Waals surface area contributed by atoms with Crippen LogP contribution in [-0.4, -0.2) is 57.9 Å². The summed E-state index contributed by atoms with van der Waals surface area (Å²) in [4.78, 5) is 23.9.